The number of aromatic nitrogens is 3. The molecule has 0 saturated carbocycles. The van der Waals surface area contributed by atoms with Gasteiger partial charge in [-0.05, 0) is 24.6 Å². The summed E-state index contributed by atoms with van der Waals surface area (Å²) in [6.45, 7) is 8.63. The second-order valence-corrected chi connectivity index (χ2v) is 8.14. The topological polar surface area (TPSA) is 85.8 Å². The summed E-state index contributed by atoms with van der Waals surface area (Å²) in [6.07, 6.45) is 0. The van der Waals surface area contributed by atoms with Crippen LogP contribution in [0.25, 0.3) is 5.69 Å². The molecule has 0 aliphatic heterocycles. The molecule has 0 atom stereocenters. The Bertz CT molecular complexity index is 936. The lowest BCUT2D eigenvalue weighted by molar-refractivity contribution is 0.102. The second-order valence-electron chi connectivity index (χ2n) is 7.20. The number of carbonyl (C=O) groups is 1. The van der Waals surface area contributed by atoms with E-state index in [0.717, 1.165) is 22.0 Å². The Morgan fingerprint density at radius 2 is 2.08 bits per heavy atom. The molecule has 0 spiro atoms. The van der Waals surface area contributed by atoms with E-state index in [9.17, 15) is 4.79 Å². The van der Waals surface area contributed by atoms with E-state index in [1.54, 1.807) is 10.1 Å². The highest BCUT2D eigenvalue weighted by molar-refractivity contribution is 7.09. The van der Waals surface area contributed by atoms with Crippen LogP contribution in [0, 0.1) is 6.92 Å². The van der Waals surface area contributed by atoms with E-state index < -0.39 is 0 Å². The third-order valence-electron chi connectivity index (χ3n) is 3.92. The fraction of sp³-hybridized carbons (Fsp3) is 0.316. The minimum absolute atomic E-state index is 0.137. The first-order valence-corrected chi connectivity index (χ1v) is 9.29. The Labute approximate surface area is 157 Å². The summed E-state index contributed by atoms with van der Waals surface area (Å²) < 4.78 is 1.77. The van der Waals surface area contributed by atoms with Crippen molar-refractivity contribution in [1.29, 1.82) is 0 Å². The quantitative estimate of drug-likeness (QED) is 0.735. The number of amides is 1. The minimum Gasteiger partial charge on any atom is -0.325 e. The van der Waals surface area contributed by atoms with Gasteiger partial charge in [0.15, 0.2) is 0 Å². The van der Waals surface area contributed by atoms with Crippen molar-refractivity contribution in [3.05, 3.63) is 57.7 Å². The zero-order valence-electron chi connectivity index (χ0n) is 15.4. The highest BCUT2D eigenvalue weighted by Crippen LogP contribution is 2.27. The van der Waals surface area contributed by atoms with Gasteiger partial charge >= 0.3 is 0 Å². The average Bonchev–Trinajstić information content (AvgIpc) is 3.21. The summed E-state index contributed by atoms with van der Waals surface area (Å²) >= 11 is 1.38. The van der Waals surface area contributed by atoms with Gasteiger partial charge < -0.3 is 11.1 Å². The number of nitrogens with one attached hydrogen (secondary N) is 1. The monoisotopic (exact) mass is 369 g/mol. The number of thiazole rings is 1. The maximum atomic E-state index is 12.6. The highest BCUT2D eigenvalue weighted by Gasteiger charge is 2.22. The van der Waals surface area contributed by atoms with Gasteiger partial charge in [-0.2, -0.15) is 5.10 Å². The molecular weight excluding hydrogens is 346 g/mol. The summed E-state index contributed by atoms with van der Waals surface area (Å²) in [6, 6.07) is 9.92. The van der Waals surface area contributed by atoms with E-state index in [2.05, 4.69) is 31.1 Å². The van der Waals surface area contributed by atoms with Crippen LogP contribution in [-0.2, 0) is 12.0 Å². The van der Waals surface area contributed by atoms with Crippen LogP contribution in [0.1, 0.15) is 47.5 Å². The molecule has 0 radical (unpaired) electrons. The number of nitrogens with two attached hydrogens (primary N) is 1. The number of rotatable bonds is 4. The van der Waals surface area contributed by atoms with E-state index >= 15 is 0 Å². The van der Waals surface area contributed by atoms with Crippen LogP contribution in [0.2, 0.25) is 0 Å². The average molecular weight is 369 g/mol. The van der Waals surface area contributed by atoms with Crippen molar-refractivity contribution in [2.75, 3.05) is 5.32 Å². The number of aryl methyl sites for hydroxylation is 1. The summed E-state index contributed by atoms with van der Waals surface area (Å²) in [5, 5.41) is 10.1. The van der Waals surface area contributed by atoms with Gasteiger partial charge in [0.2, 0.25) is 0 Å². The van der Waals surface area contributed by atoms with Crippen molar-refractivity contribution in [2.45, 2.75) is 39.7 Å². The normalized spacial score (nSPS) is 11.6. The van der Waals surface area contributed by atoms with E-state index in [1.165, 1.54) is 11.3 Å². The maximum Gasteiger partial charge on any atom is 0.276 e. The SMILES string of the molecule is Cc1cccc(-n2nc(C(C)(C)C)cc2NC(=O)c2csc(CN)n2)c1. The van der Waals surface area contributed by atoms with Crippen molar-refractivity contribution in [3.63, 3.8) is 0 Å². The predicted molar refractivity (Wildman–Crippen MR) is 105 cm³/mol. The molecule has 3 rings (SSSR count). The molecule has 6 nitrogen and oxygen atoms in total. The van der Waals surface area contributed by atoms with Crippen molar-refractivity contribution in [1.82, 2.24) is 14.8 Å². The van der Waals surface area contributed by atoms with Gasteiger partial charge in [-0.25, -0.2) is 9.67 Å². The molecule has 1 aromatic carbocycles. The fourth-order valence-electron chi connectivity index (χ4n) is 2.48. The van der Waals surface area contributed by atoms with Gasteiger partial charge in [0.25, 0.3) is 5.91 Å². The van der Waals surface area contributed by atoms with Crippen molar-refractivity contribution in [2.24, 2.45) is 5.73 Å². The standard InChI is InChI=1S/C19H23N5OS/c1-12-6-5-7-13(8-12)24-16(9-15(23-24)19(2,3)4)22-18(25)14-11-26-17(10-20)21-14/h5-9,11H,10,20H2,1-4H3,(H,22,25). The molecule has 0 bridgehead atoms. The molecule has 3 N–H and O–H groups in total. The molecule has 0 unspecified atom stereocenters. The van der Waals surface area contributed by atoms with Gasteiger partial charge in [0.1, 0.15) is 16.5 Å². The van der Waals surface area contributed by atoms with Crippen LogP contribution >= 0.6 is 11.3 Å². The Hall–Kier alpha value is -2.51. The Kier molecular flexibility index (Phi) is 4.93. The van der Waals surface area contributed by atoms with E-state index in [0.29, 0.717) is 18.1 Å². The third kappa shape index (κ3) is 3.84. The molecule has 26 heavy (non-hydrogen) atoms. The van der Waals surface area contributed by atoms with Crippen molar-refractivity contribution >= 4 is 23.1 Å². The molecule has 0 fully saturated rings. The summed E-state index contributed by atoms with van der Waals surface area (Å²) in [7, 11) is 0. The molecule has 1 amide bonds. The Balaban J connectivity index is 1.99. The smallest absolute Gasteiger partial charge is 0.276 e. The molecule has 0 saturated heterocycles. The first-order valence-electron chi connectivity index (χ1n) is 8.41. The zero-order valence-corrected chi connectivity index (χ0v) is 16.2. The predicted octanol–water partition coefficient (Wildman–Crippen LogP) is 3.65. The summed E-state index contributed by atoms with van der Waals surface area (Å²) in [4.78, 5) is 16.9. The summed E-state index contributed by atoms with van der Waals surface area (Å²) in [5.74, 6) is 0.350. The number of nitrogens with zero attached hydrogens (tertiary/aromatic N) is 3. The first kappa shape index (κ1) is 18.3. The largest absolute Gasteiger partial charge is 0.325 e. The minimum atomic E-state index is -0.268. The van der Waals surface area contributed by atoms with Gasteiger partial charge in [-0.1, -0.05) is 32.9 Å². The van der Waals surface area contributed by atoms with E-state index in [4.69, 9.17) is 10.8 Å². The number of carbonyl (C=O) groups excluding carboxylic acids is 1. The molecule has 2 aromatic heterocycles. The lowest BCUT2D eigenvalue weighted by atomic mass is 9.92. The van der Waals surface area contributed by atoms with Crippen LogP contribution in [-0.4, -0.2) is 20.7 Å². The number of hydrogen-bond acceptors (Lipinski definition) is 5. The molecule has 0 aliphatic carbocycles. The van der Waals surface area contributed by atoms with Crippen LogP contribution in [0.15, 0.2) is 35.7 Å². The lowest BCUT2D eigenvalue weighted by Gasteiger charge is -2.14. The molecule has 3 aromatic rings. The van der Waals surface area contributed by atoms with E-state index in [1.807, 2.05) is 37.3 Å². The molecule has 0 aliphatic rings. The Morgan fingerprint density at radius 3 is 2.69 bits per heavy atom. The van der Waals surface area contributed by atoms with Gasteiger partial charge in [0, 0.05) is 23.4 Å². The van der Waals surface area contributed by atoms with Gasteiger partial charge in [0.05, 0.1) is 11.4 Å². The van der Waals surface area contributed by atoms with Crippen LogP contribution in [0.4, 0.5) is 5.82 Å². The number of anilines is 1. The van der Waals surface area contributed by atoms with Gasteiger partial charge in [-0.3, -0.25) is 4.79 Å². The number of benzene rings is 1. The van der Waals surface area contributed by atoms with Crippen LogP contribution < -0.4 is 11.1 Å². The second kappa shape index (κ2) is 7.01. The maximum absolute atomic E-state index is 12.6. The summed E-state index contributed by atoms with van der Waals surface area (Å²) in [5.41, 5.74) is 8.73. The highest BCUT2D eigenvalue weighted by atomic mass is 32.1. The van der Waals surface area contributed by atoms with Crippen LogP contribution in [0.5, 0.6) is 0 Å². The molecule has 136 valence electrons. The molecule has 7 heteroatoms. The Morgan fingerprint density at radius 1 is 1.31 bits per heavy atom. The molecule has 2 heterocycles. The zero-order chi connectivity index (χ0) is 18.9. The number of hydrogen-bond donors (Lipinski definition) is 2. The van der Waals surface area contributed by atoms with Crippen LogP contribution in [0.3, 0.4) is 0 Å². The third-order valence-corrected chi connectivity index (χ3v) is 4.80. The van der Waals surface area contributed by atoms with Crippen molar-refractivity contribution < 1.29 is 4.79 Å². The fourth-order valence-corrected chi connectivity index (χ4v) is 3.14. The lowest BCUT2D eigenvalue weighted by Crippen LogP contribution is -2.16. The van der Waals surface area contributed by atoms with Crippen molar-refractivity contribution in [3.8, 4) is 5.69 Å². The van der Waals surface area contributed by atoms with Gasteiger partial charge in [-0.15, -0.1) is 11.3 Å². The molecular formula is C19H23N5OS. The van der Waals surface area contributed by atoms with E-state index in [-0.39, 0.29) is 11.3 Å². The first-order chi connectivity index (χ1) is 12.3.